The molecule has 0 fully saturated rings. The number of benzene rings is 2. The summed E-state index contributed by atoms with van der Waals surface area (Å²) in [5.41, 5.74) is 7.59. The summed E-state index contributed by atoms with van der Waals surface area (Å²) in [7, 11) is 0. The van der Waals surface area contributed by atoms with Gasteiger partial charge in [0.25, 0.3) is 5.91 Å². The van der Waals surface area contributed by atoms with E-state index >= 15 is 0 Å². The van der Waals surface area contributed by atoms with Crippen LogP contribution in [-0.2, 0) is 17.6 Å². The van der Waals surface area contributed by atoms with E-state index in [1.807, 2.05) is 0 Å². The zero-order valence-electron chi connectivity index (χ0n) is 17.1. The van der Waals surface area contributed by atoms with Gasteiger partial charge < -0.3 is 15.1 Å². The van der Waals surface area contributed by atoms with Crippen LogP contribution in [0, 0.1) is 11.6 Å². The fraction of sp³-hybridized carbons (Fsp3) is 0.167. The monoisotopic (exact) mass is 434 g/mol. The predicted molar refractivity (Wildman–Crippen MR) is 117 cm³/mol. The number of nitrogen functional groups attached to an aromatic ring is 1. The average molecular weight is 434 g/mol. The van der Waals surface area contributed by atoms with Crippen molar-refractivity contribution in [2.45, 2.75) is 12.8 Å². The molecule has 1 aromatic heterocycles. The minimum Gasteiger partial charge on any atom is -0.469 e. The molecule has 162 valence electrons. The van der Waals surface area contributed by atoms with Gasteiger partial charge in [0.05, 0.1) is 24.1 Å². The quantitative estimate of drug-likeness (QED) is 0.618. The number of aliphatic imine (C=N–C) groups is 1. The van der Waals surface area contributed by atoms with Gasteiger partial charge in [0.2, 0.25) is 0 Å². The number of hydrogen-bond acceptors (Lipinski definition) is 5. The second-order valence-electron chi connectivity index (χ2n) is 7.76. The highest BCUT2D eigenvalue weighted by molar-refractivity contribution is 6.41. The molecule has 6 nitrogen and oxygen atoms in total. The summed E-state index contributed by atoms with van der Waals surface area (Å²) < 4.78 is 34.5. The van der Waals surface area contributed by atoms with Gasteiger partial charge in [0.15, 0.2) is 5.82 Å². The highest BCUT2D eigenvalue weighted by Crippen LogP contribution is 2.33. The van der Waals surface area contributed by atoms with Crippen LogP contribution in [0.25, 0.3) is 0 Å². The number of nitrogens with zero attached hydrogens (tertiary/aromatic N) is 3. The molecule has 0 spiro atoms. The number of nitrogens with two attached hydrogens (primary N) is 1. The van der Waals surface area contributed by atoms with Crippen LogP contribution in [0.3, 0.4) is 0 Å². The van der Waals surface area contributed by atoms with E-state index in [0.29, 0.717) is 28.4 Å². The number of carbonyl (C=O) groups is 1. The van der Waals surface area contributed by atoms with Gasteiger partial charge in [0.1, 0.15) is 29.8 Å². The van der Waals surface area contributed by atoms with E-state index in [1.54, 1.807) is 47.4 Å². The normalized spacial score (nSPS) is 15.9. The van der Waals surface area contributed by atoms with Crippen molar-refractivity contribution in [2.24, 2.45) is 4.99 Å². The molecule has 3 aromatic rings. The van der Waals surface area contributed by atoms with Gasteiger partial charge >= 0.3 is 0 Å². The summed E-state index contributed by atoms with van der Waals surface area (Å²) in [5, 5.41) is 0. The SMILES string of the molecule is Nc1cccc(N2CC(Cc3ccccc3F)=C3N=C(Cc4ccco4)C(=O)N3C2)c1F. The Morgan fingerprint density at radius 1 is 1.03 bits per heavy atom. The molecule has 2 aliphatic rings. The molecule has 2 aliphatic heterocycles. The van der Waals surface area contributed by atoms with Crippen molar-refractivity contribution in [1.82, 2.24) is 4.90 Å². The summed E-state index contributed by atoms with van der Waals surface area (Å²) in [4.78, 5) is 21.0. The lowest BCUT2D eigenvalue weighted by Gasteiger charge is -2.36. The Balaban J connectivity index is 1.54. The second-order valence-corrected chi connectivity index (χ2v) is 7.76. The summed E-state index contributed by atoms with van der Waals surface area (Å²) in [6, 6.07) is 14.7. The van der Waals surface area contributed by atoms with E-state index in [4.69, 9.17) is 10.2 Å². The molecule has 0 saturated carbocycles. The van der Waals surface area contributed by atoms with Crippen molar-refractivity contribution >= 4 is 23.0 Å². The molecular formula is C24H20F2N4O2. The first kappa shape index (κ1) is 20.0. The van der Waals surface area contributed by atoms with Crippen molar-refractivity contribution in [1.29, 1.82) is 0 Å². The maximum absolute atomic E-state index is 14.8. The Hall–Kier alpha value is -3.94. The number of halogens is 2. The second kappa shape index (κ2) is 7.96. The predicted octanol–water partition coefficient (Wildman–Crippen LogP) is 3.90. The van der Waals surface area contributed by atoms with Crippen molar-refractivity contribution in [3.05, 3.63) is 95.2 Å². The largest absolute Gasteiger partial charge is 0.469 e. The molecule has 0 aliphatic carbocycles. The van der Waals surface area contributed by atoms with Gasteiger partial charge in [-0.3, -0.25) is 9.69 Å². The van der Waals surface area contributed by atoms with E-state index in [2.05, 4.69) is 4.99 Å². The first-order valence-corrected chi connectivity index (χ1v) is 10.2. The molecule has 5 rings (SSSR count). The smallest absolute Gasteiger partial charge is 0.275 e. The van der Waals surface area contributed by atoms with Crippen LogP contribution in [-0.4, -0.2) is 29.7 Å². The third-order valence-corrected chi connectivity index (χ3v) is 5.63. The maximum atomic E-state index is 14.8. The minimum absolute atomic E-state index is 0.0236. The van der Waals surface area contributed by atoms with Crippen LogP contribution in [0.15, 0.2) is 81.7 Å². The van der Waals surface area contributed by atoms with Gasteiger partial charge in [-0.2, -0.15) is 0 Å². The molecule has 3 heterocycles. The van der Waals surface area contributed by atoms with Gasteiger partial charge in [-0.15, -0.1) is 0 Å². The minimum atomic E-state index is -0.551. The standard InChI is InChI=1S/C24H20F2N4O2/c25-18-7-2-1-5-15(18)11-16-13-29(21-9-3-8-19(27)22(21)26)14-30-23(16)28-20(24(30)31)12-17-6-4-10-32-17/h1-10H,11-14,27H2. The van der Waals surface area contributed by atoms with Gasteiger partial charge in [-0.1, -0.05) is 24.3 Å². The third kappa shape index (κ3) is 3.53. The van der Waals surface area contributed by atoms with Gasteiger partial charge in [-0.05, 0) is 41.5 Å². The van der Waals surface area contributed by atoms with Crippen molar-refractivity contribution in [3.63, 3.8) is 0 Å². The lowest BCUT2D eigenvalue weighted by atomic mass is 10.0. The Labute approximate surface area is 183 Å². The molecule has 32 heavy (non-hydrogen) atoms. The zero-order chi connectivity index (χ0) is 22.2. The van der Waals surface area contributed by atoms with E-state index < -0.39 is 5.82 Å². The highest BCUT2D eigenvalue weighted by atomic mass is 19.1. The third-order valence-electron chi connectivity index (χ3n) is 5.63. The van der Waals surface area contributed by atoms with Crippen LogP contribution in [0.2, 0.25) is 0 Å². The molecule has 2 aromatic carbocycles. The van der Waals surface area contributed by atoms with Gasteiger partial charge in [-0.25, -0.2) is 13.8 Å². The number of rotatable bonds is 5. The molecule has 1 amide bonds. The molecule has 0 unspecified atom stereocenters. The Morgan fingerprint density at radius 2 is 1.88 bits per heavy atom. The van der Waals surface area contributed by atoms with E-state index in [9.17, 15) is 13.6 Å². The lowest BCUT2D eigenvalue weighted by molar-refractivity contribution is -0.121. The molecule has 0 atom stereocenters. The first-order valence-electron chi connectivity index (χ1n) is 10.2. The highest BCUT2D eigenvalue weighted by Gasteiger charge is 2.38. The maximum Gasteiger partial charge on any atom is 0.275 e. The fourth-order valence-electron chi connectivity index (χ4n) is 4.05. The zero-order valence-corrected chi connectivity index (χ0v) is 17.1. The van der Waals surface area contributed by atoms with E-state index in [0.717, 1.165) is 0 Å². The summed E-state index contributed by atoms with van der Waals surface area (Å²) in [6.07, 6.45) is 2.02. The molecule has 0 saturated heterocycles. The van der Waals surface area contributed by atoms with Crippen LogP contribution >= 0.6 is 0 Å². The Bertz CT molecular complexity index is 1250. The van der Waals surface area contributed by atoms with Crippen LogP contribution < -0.4 is 10.6 Å². The number of furan rings is 1. The number of carbonyl (C=O) groups excluding carboxylic acids is 1. The Morgan fingerprint density at radius 3 is 2.66 bits per heavy atom. The van der Waals surface area contributed by atoms with Crippen LogP contribution in [0.1, 0.15) is 11.3 Å². The van der Waals surface area contributed by atoms with E-state index in [1.165, 1.54) is 23.3 Å². The number of amides is 1. The molecule has 8 heteroatoms. The fourth-order valence-corrected chi connectivity index (χ4v) is 4.05. The lowest BCUT2D eigenvalue weighted by Crippen LogP contribution is -2.46. The molecule has 0 bridgehead atoms. The molecule has 2 N–H and O–H groups in total. The topological polar surface area (TPSA) is 75.1 Å². The van der Waals surface area contributed by atoms with E-state index in [-0.39, 0.29) is 49.2 Å². The van der Waals surface area contributed by atoms with Crippen molar-refractivity contribution < 1.29 is 18.0 Å². The first-order chi connectivity index (χ1) is 15.5. The number of hydrogen-bond donors (Lipinski definition) is 1. The summed E-state index contributed by atoms with van der Waals surface area (Å²) in [6.45, 7) is 0.395. The average Bonchev–Trinajstić information content (AvgIpc) is 3.41. The summed E-state index contributed by atoms with van der Waals surface area (Å²) in [5.74, 6) is -0.0724. The van der Waals surface area contributed by atoms with Gasteiger partial charge in [0, 0.05) is 13.0 Å². The van der Waals surface area contributed by atoms with Crippen LogP contribution in [0.5, 0.6) is 0 Å². The molecule has 0 radical (unpaired) electrons. The van der Waals surface area contributed by atoms with Crippen molar-refractivity contribution in [3.8, 4) is 0 Å². The van der Waals surface area contributed by atoms with Crippen molar-refractivity contribution in [2.75, 3.05) is 23.8 Å². The summed E-state index contributed by atoms with van der Waals surface area (Å²) >= 11 is 0. The number of fused-ring (bicyclic) bond motifs is 1. The number of anilines is 2. The molecular weight excluding hydrogens is 414 g/mol. The van der Waals surface area contributed by atoms with Crippen LogP contribution in [0.4, 0.5) is 20.2 Å². The Kier molecular flexibility index (Phi) is 4.97.